The normalized spacial score (nSPS) is 14.8. The van der Waals surface area contributed by atoms with Gasteiger partial charge in [-0.05, 0) is 72.7 Å². The van der Waals surface area contributed by atoms with E-state index in [2.05, 4.69) is 0 Å². The lowest BCUT2D eigenvalue weighted by Crippen LogP contribution is -2.00. The minimum atomic E-state index is -0.567. The molecule has 0 bridgehead atoms. The van der Waals surface area contributed by atoms with E-state index in [-0.39, 0.29) is 51.5 Å². The van der Waals surface area contributed by atoms with E-state index in [9.17, 15) is 1.37 Å². The van der Waals surface area contributed by atoms with E-state index in [1.165, 1.54) is 0 Å². The zero-order valence-electron chi connectivity index (χ0n) is 37.2. The Morgan fingerprint density at radius 3 is 1.73 bits per heavy atom. The van der Waals surface area contributed by atoms with Gasteiger partial charge >= 0.3 is 0 Å². The van der Waals surface area contributed by atoms with Gasteiger partial charge in [-0.25, -0.2) is 15.0 Å². The molecular formula is C45H29N3. The molecule has 0 aliphatic carbocycles. The van der Waals surface area contributed by atoms with E-state index in [0.717, 1.165) is 27.3 Å². The molecule has 0 amide bonds. The minimum absolute atomic E-state index is 0.0964. The summed E-state index contributed by atoms with van der Waals surface area (Å²) in [6, 6.07) is 26.4. The molecule has 0 saturated heterocycles. The number of aromatic nitrogens is 3. The Morgan fingerprint density at radius 2 is 0.958 bits per heavy atom. The third-order valence-electron chi connectivity index (χ3n) is 8.24. The number of hydrogen-bond acceptors (Lipinski definition) is 3. The summed E-state index contributed by atoms with van der Waals surface area (Å²) >= 11 is 0. The SMILES string of the molecule is [2H]c1c([2H])c([2H])c(-c2ccc(-c3cccc(-c4nc(-c5ccc6ccccc6c5)nc(-c5c([2H])c([2H])c6c([2H])c([2H])c([2H])c([2H])c6c5[2H])n4)c3)c3ccccc23)c([2H])c1[2H]. The van der Waals surface area contributed by atoms with Crippen LogP contribution < -0.4 is 0 Å². The first-order valence-corrected chi connectivity index (χ1v) is 15.2. The van der Waals surface area contributed by atoms with Crippen molar-refractivity contribution in [3.63, 3.8) is 0 Å². The quantitative estimate of drug-likeness (QED) is 0.191. The van der Waals surface area contributed by atoms with Crippen LogP contribution in [-0.2, 0) is 0 Å². The van der Waals surface area contributed by atoms with Crippen LogP contribution in [0.2, 0.25) is 0 Å². The molecule has 0 aliphatic heterocycles. The van der Waals surface area contributed by atoms with Gasteiger partial charge in [0.1, 0.15) is 0 Å². The van der Waals surface area contributed by atoms with E-state index in [4.69, 9.17) is 30.0 Å². The van der Waals surface area contributed by atoms with Crippen molar-refractivity contribution in [1.29, 1.82) is 0 Å². The zero-order valence-corrected chi connectivity index (χ0v) is 25.2. The Hall–Kier alpha value is -6.45. The van der Waals surface area contributed by atoms with Crippen molar-refractivity contribution in [3.05, 3.63) is 176 Å². The summed E-state index contributed by atoms with van der Waals surface area (Å²) < 4.78 is 103. The molecule has 0 unspecified atom stereocenters. The average molecular weight is 624 g/mol. The summed E-state index contributed by atoms with van der Waals surface area (Å²) in [7, 11) is 0. The van der Waals surface area contributed by atoms with Crippen LogP contribution in [0.15, 0.2) is 176 Å². The number of benzene rings is 8. The molecule has 0 aliphatic rings. The first kappa shape index (κ1) is 18.0. The summed E-state index contributed by atoms with van der Waals surface area (Å²) in [6.45, 7) is 0. The summed E-state index contributed by atoms with van der Waals surface area (Å²) in [6.07, 6.45) is 0. The fraction of sp³-hybridized carbons (Fsp3) is 0. The highest BCUT2D eigenvalue weighted by Crippen LogP contribution is 2.37. The molecule has 3 heteroatoms. The third-order valence-corrected chi connectivity index (χ3v) is 8.24. The van der Waals surface area contributed by atoms with Gasteiger partial charge in [-0.3, -0.25) is 0 Å². The maximum absolute atomic E-state index is 9.23. The van der Waals surface area contributed by atoms with Crippen molar-refractivity contribution in [2.45, 2.75) is 0 Å². The molecule has 9 aromatic rings. The van der Waals surface area contributed by atoms with Crippen molar-refractivity contribution < 1.29 is 16.4 Å². The second-order valence-electron chi connectivity index (χ2n) is 11.2. The summed E-state index contributed by atoms with van der Waals surface area (Å²) in [5.41, 5.74) is 3.04. The smallest absolute Gasteiger partial charge is 0.164 e. The van der Waals surface area contributed by atoms with Crippen LogP contribution in [-0.4, -0.2) is 15.0 Å². The number of fused-ring (bicyclic) bond motifs is 3. The Kier molecular flexibility index (Phi) is 4.41. The van der Waals surface area contributed by atoms with Crippen LogP contribution in [0.4, 0.5) is 0 Å². The lowest BCUT2D eigenvalue weighted by molar-refractivity contribution is 1.08. The third kappa shape index (κ3) is 5.08. The lowest BCUT2D eigenvalue weighted by Gasteiger charge is -2.13. The molecule has 9 rings (SSSR count). The van der Waals surface area contributed by atoms with E-state index in [1.807, 2.05) is 91.0 Å². The van der Waals surface area contributed by atoms with E-state index >= 15 is 0 Å². The number of hydrogen-bond donors (Lipinski definition) is 0. The maximum Gasteiger partial charge on any atom is 0.164 e. The van der Waals surface area contributed by atoms with E-state index in [0.29, 0.717) is 22.1 Å². The summed E-state index contributed by atoms with van der Waals surface area (Å²) in [5.74, 6) is 0.255. The molecule has 1 aromatic heterocycles. The predicted molar refractivity (Wildman–Crippen MR) is 200 cm³/mol. The monoisotopic (exact) mass is 623 g/mol. The Morgan fingerprint density at radius 1 is 0.354 bits per heavy atom. The molecule has 0 atom stereocenters. The molecule has 0 fully saturated rings. The standard InChI is InChI=1S/C45H29N3/c1-2-13-32(14-3-1)39-25-26-40(42-20-9-8-19-41(39)42)35-17-10-18-36(29-35)43-46-44(37-23-21-30-11-4-6-15-33(30)27-37)48-45(47-43)38-24-22-31-12-5-7-16-34(31)28-38/h1-29H/i1D,2D,3D,4D,6D,11D,13D,14D,15D,21D,23D,27D. The van der Waals surface area contributed by atoms with Gasteiger partial charge in [0, 0.05) is 16.7 Å². The van der Waals surface area contributed by atoms with Gasteiger partial charge in [-0.1, -0.05) is 157 Å². The maximum atomic E-state index is 9.23. The molecule has 0 saturated carbocycles. The molecule has 48 heavy (non-hydrogen) atoms. The summed E-state index contributed by atoms with van der Waals surface area (Å²) in [4.78, 5) is 14.4. The van der Waals surface area contributed by atoms with Crippen molar-refractivity contribution in [2.75, 3.05) is 0 Å². The second kappa shape index (κ2) is 11.7. The highest BCUT2D eigenvalue weighted by molar-refractivity contribution is 6.05. The minimum Gasteiger partial charge on any atom is -0.208 e. The van der Waals surface area contributed by atoms with Gasteiger partial charge in [0.25, 0.3) is 0 Å². The molecular weight excluding hydrogens is 583 g/mol. The van der Waals surface area contributed by atoms with Gasteiger partial charge < -0.3 is 0 Å². The van der Waals surface area contributed by atoms with Crippen molar-refractivity contribution >= 4 is 32.3 Å². The van der Waals surface area contributed by atoms with Gasteiger partial charge in [0.05, 0.1) is 16.4 Å². The average Bonchev–Trinajstić information content (AvgIpc) is 3.27. The molecule has 0 radical (unpaired) electrons. The Labute approximate surface area is 295 Å². The van der Waals surface area contributed by atoms with Crippen LogP contribution in [0.3, 0.4) is 0 Å². The largest absolute Gasteiger partial charge is 0.208 e. The Bertz CT molecular complexity index is 3290. The van der Waals surface area contributed by atoms with Crippen LogP contribution in [0.5, 0.6) is 0 Å². The van der Waals surface area contributed by atoms with Gasteiger partial charge in [-0.15, -0.1) is 0 Å². The van der Waals surface area contributed by atoms with Gasteiger partial charge in [-0.2, -0.15) is 0 Å². The van der Waals surface area contributed by atoms with E-state index in [1.54, 1.807) is 12.1 Å². The van der Waals surface area contributed by atoms with E-state index < -0.39 is 60.4 Å². The predicted octanol–water partition coefficient (Wildman–Crippen LogP) is 11.7. The molecule has 224 valence electrons. The van der Waals surface area contributed by atoms with Crippen LogP contribution in [0, 0.1) is 0 Å². The fourth-order valence-electron chi connectivity index (χ4n) is 5.95. The first-order chi connectivity index (χ1) is 28.8. The van der Waals surface area contributed by atoms with Gasteiger partial charge in [0.15, 0.2) is 17.5 Å². The Balaban J connectivity index is 1.26. The number of rotatable bonds is 5. The van der Waals surface area contributed by atoms with Crippen LogP contribution in [0.1, 0.15) is 16.4 Å². The van der Waals surface area contributed by atoms with Crippen molar-refractivity contribution in [1.82, 2.24) is 15.0 Å². The lowest BCUT2D eigenvalue weighted by atomic mass is 9.91. The highest BCUT2D eigenvalue weighted by atomic mass is 15.0. The highest BCUT2D eigenvalue weighted by Gasteiger charge is 2.15. The summed E-state index contributed by atoms with van der Waals surface area (Å²) in [5, 5.41) is 2.88. The molecule has 0 N–H and O–H groups in total. The fourth-order valence-corrected chi connectivity index (χ4v) is 5.95. The first-order valence-electron chi connectivity index (χ1n) is 21.2. The zero-order chi connectivity index (χ0) is 42.3. The van der Waals surface area contributed by atoms with Crippen LogP contribution in [0.25, 0.3) is 88.7 Å². The molecule has 1 heterocycles. The number of nitrogens with zero attached hydrogens (tertiary/aromatic N) is 3. The molecule has 8 aromatic carbocycles. The van der Waals surface area contributed by atoms with Gasteiger partial charge in [0.2, 0.25) is 0 Å². The molecule has 3 nitrogen and oxygen atoms in total. The molecule has 0 spiro atoms. The van der Waals surface area contributed by atoms with Crippen molar-refractivity contribution in [2.24, 2.45) is 0 Å². The topological polar surface area (TPSA) is 38.7 Å². The van der Waals surface area contributed by atoms with Crippen molar-refractivity contribution in [3.8, 4) is 56.4 Å². The second-order valence-corrected chi connectivity index (χ2v) is 11.2. The van der Waals surface area contributed by atoms with Crippen LogP contribution >= 0.6 is 0 Å².